The van der Waals surface area contributed by atoms with Gasteiger partial charge in [0.25, 0.3) is 0 Å². The molecule has 7 heteroatoms. The Labute approximate surface area is 128 Å². The number of aliphatic hydroxyl groups is 1. The molecule has 1 saturated heterocycles. The van der Waals surface area contributed by atoms with Crippen molar-refractivity contribution in [2.75, 3.05) is 18.1 Å². The van der Waals surface area contributed by atoms with Crippen LogP contribution in [0.2, 0.25) is 0 Å². The topological polar surface area (TPSA) is 66.4 Å². The van der Waals surface area contributed by atoms with Gasteiger partial charge < -0.3 is 5.11 Å². The van der Waals surface area contributed by atoms with Gasteiger partial charge in [-0.1, -0.05) is 11.8 Å². The van der Waals surface area contributed by atoms with Crippen molar-refractivity contribution in [3.8, 4) is 11.8 Å². The minimum absolute atomic E-state index is 0.151. The van der Waals surface area contributed by atoms with Crippen LogP contribution in [-0.4, -0.2) is 37.7 Å². The van der Waals surface area contributed by atoms with Crippen LogP contribution in [0.1, 0.15) is 18.4 Å². The van der Waals surface area contributed by atoms with E-state index in [9.17, 15) is 12.8 Å². The van der Waals surface area contributed by atoms with Gasteiger partial charge in [0.15, 0.2) is 0 Å². The van der Waals surface area contributed by atoms with E-state index < -0.39 is 15.8 Å². The van der Waals surface area contributed by atoms with Crippen LogP contribution in [0.3, 0.4) is 0 Å². The average molecular weight is 329 g/mol. The quantitative estimate of drug-likeness (QED) is 0.822. The number of halogens is 1. The van der Waals surface area contributed by atoms with Crippen molar-refractivity contribution in [2.45, 2.75) is 23.8 Å². The van der Waals surface area contributed by atoms with Gasteiger partial charge in [-0.05, 0) is 36.8 Å². The lowest BCUT2D eigenvalue weighted by molar-refractivity contribution is 0.350. The number of aliphatic hydroxyl groups excluding tert-OH is 1. The fourth-order valence-corrected chi connectivity index (χ4v) is 4.56. The number of rotatable bonds is 3. The molecule has 0 saturated carbocycles. The summed E-state index contributed by atoms with van der Waals surface area (Å²) in [5.41, 5.74) is 0.328. The summed E-state index contributed by atoms with van der Waals surface area (Å²) in [6.45, 7) is -0.331. The van der Waals surface area contributed by atoms with E-state index in [1.54, 1.807) is 11.8 Å². The van der Waals surface area contributed by atoms with Crippen molar-refractivity contribution >= 4 is 21.8 Å². The average Bonchev–Trinajstić information content (AvgIpc) is 2.45. The molecule has 1 aromatic carbocycles. The van der Waals surface area contributed by atoms with Crippen molar-refractivity contribution in [3.05, 3.63) is 29.6 Å². The number of benzene rings is 1. The summed E-state index contributed by atoms with van der Waals surface area (Å²) >= 11 is 1.69. The Balaban J connectivity index is 2.19. The van der Waals surface area contributed by atoms with Crippen molar-refractivity contribution in [1.82, 2.24) is 4.72 Å². The Hall–Kier alpha value is -1.07. The van der Waals surface area contributed by atoms with Crippen molar-refractivity contribution < 1.29 is 17.9 Å². The molecule has 0 spiro atoms. The molecule has 1 heterocycles. The highest BCUT2D eigenvalue weighted by Gasteiger charge is 2.24. The summed E-state index contributed by atoms with van der Waals surface area (Å²) in [6.07, 6.45) is 1.73. The molecular formula is C14H16FNO3S2. The predicted octanol–water partition coefficient (Wildman–Crippen LogP) is 1.34. The maximum Gasteiger partial charge on any atom is 0.243 e. The molecule has 1 fully saturated rings. The highest BCUT2D eigenvalue weighted by atomic mass is 32.2. The van der Waals surface area contributed by atoms with Gasteiger partial charge in [-0.3, -0.25) is 0 Å². The predicted molar refractivity (Wildman–Crippen MR) is 81.0 cm³/mol. The Morgan fingerprint density at radius 3 is 2.90 bits per heavy atom. The second-order valence-electron chi connectivity index (χ2n) is 4.64. The Morgan fingerprint density at radius 1 is 1.48 bits per heavy atom. The molecule has 0 aliphatic carbocycles. The number of sulfonamides is 1. The van der Waals surface area contributed by atoms with E-state index in [0.717, 1.165) is 24.7 Å². The third-order valence-corrected chi connectivity index (χ3v) is 5.78. The molecule has 0 radical (unpaired) electrons. The highest BCUT2D eigenvalue weighted by molar-refractivity contribution is 7.99. The molecule has 1 aliphatic rings. The van der Waals surface area contributed by atoms with Gasteiger partial charge in [-0.15, -0.1) is 0 Å². The van der Waals surface area contributed by atoms with Gasteiger partial charge in [-0.25, -0.2) is 17.5 Å². The zero-order chi connectivity index (χ0) is 15.3. The third kappa shape index (κ3) is 4.45. The lowest BCUT2D eigenvalue weighted by atomic mass is 10.2. The Bertz CT molecular complexity index is 659. The number of thioether (sulfide) groups is 1. The first-order valence-electron chi connectivity index (χ1n) is 6.52. The second kappa shape index (κ2) is 7.27. The zero-order valence-electron chi connectivity index (χ0n) is 11.3. The summed E-state index contributed by atoms with van der Waals surface area (Å²) < 4.78 is 40.9. The molecule has 1 aliphatic heterocycles. The number of nitrogens with one attached hydrogen (secondary N) is 1. The van der Waals surface area contributed by atoms with Crippen LogP contribution in [-0.2, 0) is 10.0 Å². The maximum absolute atomic E-state index is 14.0. The number of hydrogen-bond acceptors (Lipinski definition) is 4. The fraction of sp³-hybridized carbons (Fsp3) is 0.429. The Kier molecular flexibility index (Phi) is 5.65. The Morgan fingerprint density at radius 2 is 2.29 bits per heavy atom. The van der Waals surface area contributed by atoms with Crippen molar-refractivity contribution in [1.29, 1.82) is 0 Å². The fourth-order valence-electron chi connectivity index (χ4n) is 2.05. The van der Waals surface area contributed by atoms with Gasteiger partial charge in [0.1, 0.15) is 17.3 Å². The van der Waals surface area contributed by atoms with Gasteiger partial charge in [0.2, 0.25) is 10.0 Å². The van der Waals surface area contributed by atoms with E-state index in [1.807, 2.05) is 0 Å². The molecule has 1 unspecified atom stereocenters. The van der Waals surface area contributed by atoms with E-state index in [2.05, 4.69) is 16.6 Å². The number of hydrogen-bond donors (Lipinski definition) is 2. The molecule has 4 nitrogen and oxygen atoms in total. The van der Waals surface area contributed by atoms with E-state index in [1.165, 1.54) is 12.1 Å². The van der Waals surface area contributed by atoms with Gasteiger partial charge in [0, 0.05) is 17.4 Å². The molecular weight excluding hydrogens is 313 g/mol. The second-order valence-corrected chi connectivity index (χ2v) is 7.47. The smallest absolute Gasteiger partial charge is 0.243 e. The maximum atomic E-state index is 14.0. The first kappa shape index (κ1) is 16.3. The molecule has 114 valence electrons. The standard InChI is InChI=1S/C14H16FNO3S2/c15-13-9-11(3-1-7-17)5-6-14(13)21(18,19)16-12-4-2-8-20-10-12/h5-6,9,12,16-17H,2,4,7-8,10H2. The van der Waals surface area contributed by atoms with Crippen molar-refractivity contribution in [3.63, 3.8) is 0 Å². The van der Waals surface area contributed by atoms with E-state index in [-0.39, 0.29) is 17.5 Å². The first-order valence-corrected chi connectivity index (χ1v) is 9.16. The first-order chi connectivity index (χ1) is 10.0. The van der Waals surface area contributed by atoms with Crippen LogP contribution in [0, 0.1) is 17.7 Å². The molecule has 0 bridgehead atoms. The van der Waals surface area contributed by atoms with Crippen LogP contribution in [0.5, 0.6) is 0 Å². The summed E-state index contributed by atoms with van der Waals surface area (Å²) in [4.78, 5) is -0.368. The lowest BCUT2D eigenvalue weighted by Gasteiger charge is -2.22. The van der Waals surface area contributed by atoms with Crippen LogP contribution < -0.4 is 4.72 Å². The highest BCUT2D eigenvalue weighted by Crippen LogP contribution is 2.21. The molecule has 0 aromatic heterocycles. The lowest BCUT2D eigenvalue weighted by Crippen LogP contribution is -2.38. The third-order valence-electron chi connectivity index (χ3n) is 3.02. The molecule has 2 rings (SSSR count). The minimum atomic E-state index is -3.86. The van der Waals surface area contributed by atoms with E-state index in [4.69, 9.17) is 5.11 Å². The summed E-state index contributed by atoms with van der Waals surface area (Å²) in [6, 6.07) is 3.54. The largest absolute Gasteiger partial charge is 0.384 e. The normalized spacial score (nSPS) is 18.9. The van der Waals surface area contributed by atoms with E-state index >= 15 is 0 Å². The zero-order valence-corrected chi connectivity index (χ0v) is 12.9. The molecule has 21 heavy (non-hydrogen) atoms. The molecule has 1 atom stereocenters. The van der Waals surface area contributed by atoms with Crippen LogP contribution in [0.25, 0.3) is 0 Å². The monoisotopic (exact) mass is 329 g/mol. The van der Waals surface area contributed by atoms with Gasteiger partial charge in [0.05, 0.1) is 0 Å². The summed E-state index contributed by atoms with van der Waals surface area (Å²) in [5, 5.41) is 8.59. The van der Waals surface area contributed by atoms with Crippen LogP contribution >= 0.6 is 11.8 Å². The SMILES string of the molecule is O=S(=O)(NC1CCCSC1)c1ccc(C#CCO)cc1F. The molecule has 0 amide bonds. The van der Waals surface area contributed by atoms with Gasteiger partial charge in [-0.2, -0.15) is 11.8 Å². The molecule has 2 N–H and O–H groups in total. The van der Waals surface area contributed by atoms with Crippen LogP contribution in [0.15, 0.2) is 23.1 Å². The summed E-state index contributed by atoms with van der Waals surface area (Å²) in [5.74, 6) is 5.83. The van der Waals surface area contributed by atoms with Gasteiger partial charge >= 0.3 is 0 Å². The van der Waals surface area contributed by atoms with E-state index in [0.29, 0.717) is 11.3 Å². The van der Waals surface area contributed by atoms with Crippen LogP contribution in [0.4, 0.5) is 4.39 Å². The molecule has 1 aromatic rings. The minimum Gasteiger partial charge on any atom is -0.384 e. The van der Waals surface area contributed by atoms with Crippen molar-refractivity contribution in [2.24, 2.45) is 0 Å². The summed E-state index contributed by atoms with van der Waals surface area (Å²) in [7, 11) is -3.86.